The minimum Gasteiger partial charge on any atom is -0.425 e. The first-order valence-corrected chi connectivity index (χ1v) is 7.07. The lowest BCUT2D eigenvalue weighted by molar-refractivity contribution is -0.00944. The van der Waals surface area contributed by atoms with Crippen molar-refractivity contribution < 1.29 is 4.65 Å². The Labute approximate surface area is 112 Å². The van der Waals surface area contributed by atoms with Gasteiger partial charge in [-0.3, -0.25) is 0 Å². The van der Waals surface area contributed by atoms with E-state index in [4.69, 9.17) is 4.65 Å². The molecule has 1 aromatic rings. The van der Waals surface area contributed by atoms with Crippen LogP contribution in [0.15, 0.2) is 18.2 Å². The normalized spacial score (nSPS) is 20.7. The number of benzene rings is 1. The largest absolute Gasteiger partial charge is 0.425 e. The number of hydrogen-bond acceptors (Lipinski definition) is 1. The topological polar surface area (TPSA) is 9.23 Å². The lowest BCUT2D eigenvalue weighted by atomic mass is 9.32. The van der Waals surface area contributed by atoms with E-state index in [-0.39, 0.29) is 17.8 Å². The molecule has 0 N–H and O–H groups in total. The van der Waals surface area contributed by atoms with Crippen LogP contribution >= 0.6 is 0 Å². The molecule has 0 unspecified atom stereocenters. The van der Waals surface area contributed by atoms with E-state index in [2.05, 4.69) is 59.7 Å². The average Bonchev–Trinajstić information content (AvgIpc) is 2.27. The molecule has 0 amide bonds. The van der Waals surface area contributed by atoms with E-state index in [0.29, 0.717) is 0 Å². The smallest absolute Gasteiger partial charge is 0.336 e. The second kappa shape index (κ2) is 4.41. The van der Waals surface area contributed by atoms with Crippen LogP contribution in [0.25, 0.3) is 0 Å². The summed E-state index contributed by atoms with van der Waals surface area (Å²) in [6, 6.07) is 6.85. The minimum atomic E-state index is -0.0216. The predicted molar refractivity (Wildman–Crippen MR) is 79.8 cm³/mol. The van der Waals surface area contributed by atoms with Crippen molar-refractivity contribution in [2.75, 3.05) is 0 Å². The molecule has 1 fully saturated rings. The van der Waals surface area contributed by atoms with Gasteiger partial charge in [-0.1, -0.05) is 51.0 Å². The van der Waals surface area contributed by atoms with E-state index in [0.717, 1.165) is 0 Å². The Kier molecular flexibility index (Phi) is 3.35. The van der Waals surface area contributed by atoms with E-state index in [9.17, 15) is 0 Å². The monoisotopic (exact) mass is 244 g/mol. The van der Waals surface area contributed by atoms with Crippen molar-refractivity contribution in [3.8, 4) is 0 Å². The van der Waals surface area contributed by atoms with Gasteiger partial charge >= 0.3 is 6.92 Å². The van der Waals surface area contributed by atoms with Gasteiger partial charge in [-0.25, -0.2) is 0 Å². The Hall–Kier alpha value is -0.755. The van der Waals surface area contributed by atoms with Crippen LogP contribution in [0.4, 0.5) is 0 Å². The minimum absolute atomic E-state index is 0.0216. The molecular formula is C16H25BO. The molecule has 1 aliphatic heterocycles. The van der Waals surface area contributed by atoms with Gasteiger partial charge in [0.15, 0.2) is 0 Å². The van der Waals surface area contributed by atoms with E-state index < -0.39 is 0 Å². The predicted octanol–water partition coefficient (Wildman–Crippen LogP) is 3.74. The zero-order chi connectivity index (χ0) is 13.6. The maximum absolute atomic E-state index is 6.11. The average molecular weight is 244 g/mol. The van der Waals surface area contributed by atoms with Crippen molar-refractivity contribution in [2.45, 2.75) is 65.3 Å². The maximum atomic E-state index is 6.11. The van der Waals surface area contributed by atoms with E-state index in [1.165, 1.54) is 29.4 Å². The third kappa shape index (κ3) is 2.01. The first kappa shape index (κ1) is 13.7. The summed E-state index contributed by atoms with van der Waals surface area (Å²) < 4.78 is 6.11. The molecule has 0 radical (unpaired) electrons. The summed E-state index contributed by atoms with van der Waals surface area (Å²) in [5, 5.41) is 0.198. The summed E-state index contributed by atoms with van der Waals surface area (Å²) in [5.74, 6) is 0. The van der Waals surface area contributed by atoms with Gasteiger partial charge in [0, 0.05) is 10.9 Å². The molecule has 1 saturated heterocycles. The first-order valence-electron chi connectivity index (χ1n) is 7.07. The molecule has 0 bridgehead atoms. The number of rotatable bonds is 3. The second-order valence-corrected chi connectivity index (χ2v) is 6.67. The molecule has 1 nitrogen and oxygen atoms in total. The SMILES string of the molecule is CCCc1ccc(B2OC(C)(C)C2(C)C)c(C)c1. The van der Waals surface area contributed by atoms with Crippen LogP contribution in [0.5, 0.6) is 0 Å². The molecule has 1 aromatic carbocycles. The Morgan fingerprint density at radius 1 is 1.17 bits per heavy atom. The van der Waals surface area contributed by atoms with Crippen molar-refractivity contribution in [2.24, 2.45) is 0 Å². The summed E-state index contributed by atoms with van der Waals surface area (Å²) in [4.78, 5) is 0. The fourth-order valence-corrected chi connectivity index (χ4v) is 2.78. The van der Waals surface area contributed by atoms with Gasteiger partial charge in [-0.05, 0) is 38.2 Å². The van der Waals surface area contributed by atoms with Crippen LogP contribution in [0.3, 0.4) is 0 Å². The van der Waals surface area contributed by atoms with E-state index in [1.807, 2.05) is 0 Å². The molecule has 0 aliphatic carbocycles. The van der Waals surface area contributed by atoms with E-state index >= 15 is 0 Å². The third-order valence-electron chi connectivity index (χ3n) is 4.78. The fourth-order valence-electron chi connectivity index (χ4n) is 2.78. The van der Waals surface area contributed by atoms with Gasteiger partial charge in [0.25, 0.3) is 0 Å². The highest BCUT2D eigenvalue weighted by atomic mass is 16.5. The molecule has 98 valence electrons. The molecular weight excluding hydrogens is 219 g/mol. The van der Waals surface area contributed by atoms with Crippen molar-refractivity contribution in [1.82, 2.24) is 0 Å². The second-order valence-electron chi connectivity index (χ2n) is 6.67. The van der Waals surface area contributed by atoms with Gasteiger partial charge in [0.2, 0.25) is 0 Å². The Morgan fingerprint density at radius 3 is 2.28 bits per heavy atom. The number of hydrogen-bond donors (Lipinski definition) is 0. The maximum Gasteiger partial charge on any atom is 0.336 e. The number of aryl methyl sites for hydroxylation is 2. The van der Waals surface area contributed by atoms with Crippen LogP contribution in [-0.2, 0) is 11.1 Å². The molecule has 0 aromatic heterocycles. The first-order chi connectivity index (χ1) is 8.29. The molecule has 2 rings (SSSR count). The van der Waals surface area contributed by atoms with E-state index in [1.54, 1.807) is 0 Å². The van der Waals surface area contributed by atoms with Gasteiger partial charge in [-0.2, -0.15) is 0 Å². The molecule has 2 heteroatoms. The highest BCUT2D eigenvalue weighted by Gasteiger charge is 2.59. The summed E-state index contributed by atoms with van der Waals surface area (Å²) in [6.45, 7) is 13.7. The summed E-state index contributed by atoms with van der Waals surface area (Å²) in [7, 11) is 0. The van der Waals surface area contributed by atoms with Gasteiger partial charge in [0.1, 0.15) is 0 Å². The lowest BCUT2D eigenvalue weighted by Crippen LogP contribution is -2.66. The van der Waals surface area contributed by atoms with Crippen molar-refractivity contribution in [1.29, 1.82) is 0 Å². The van der Waals surface area contributed by atoms with Crippen molar-refractivity contribution >= 4 is 12.4 Å². The highest BCUT2D eigenvalue weighted by molar-refractivity contribution is 6.73. The Bertz CT molecular complexity index is 448. The Balaban J connectivity index is 2.26. The lowest BCUT2D eigenvalue weighted by Gasteiger charge is -2.57. The van der Waals surface area contributed by atoms with Crippen LogP contribution in [0.1, 0.15) is 52.2 Å². The molecule has 0 spiro atoms. The van der Waals surface area contributed by atoms with Gasteiger partial charge in [-0.15, -0.1) is 0 Å². The highest BCUT2D eigenvalue weighted by Crippen LogP contribution is 2.53. The van der Waals surface area contributed by atoms with Crippen LogP contribution in [-0.4, -0.2) is 12.5 Å². The van der Waals surface area contributed by atoms with Crippen LogP contribution in [0, 0.1) is 6.92 Å². The standard InChI is InChI=1S/C16H25BO/c1-7-8-13-9-10-14(12(2)11-13)17-15(3,4)16(5,6)18-17/h9-11H,7-8H2,1-6H3. The van der Waals surface area contributed by atoms with Crippen molar-refractivity contribution in [3.63, 3.8) is 0 Å². The molecule has 1 aliphatic rings. The quantitative estimate of drug-likeness (QED) is 0.736. The van der Waals surface area contributed by atoms with Crippen LogP contribution in [0.2, 0.25) is 5.31 Å². The zero-order valence-corrected chi connectivity index (χ0v) is 12.6. The molecule has 0 saturated carbocycles. The Morgan fingerprint density at radius 2 is 1.83 bits per heavy atom. The third-order valence-corrected chi connectivity index (χ3v) is 4.78. The fraction of sp³-hybridized carbons (Fsp3) is 0.625. The molecule has 0 atom stereocenters. The van der Waals surface area contributed by atoms with Crippen molar-refractivity contribution in [3.05, 3.63) is 29.3 Å². The molecule has 18 heavy (non-hydrogen) atoms. The molecule has 1 heterocycles. The zero-order valence-electron chi connectivity index (χ0n) is 12.6. The summed E-state index contributed by atoms with van der Waals surface area (Å²) >= 11 is 0. The summed E-state index contributed by atoms with van der Waals surface area (Å²) in [6.07, 6.45) is 2.37. The van der Waals surface area contributed by atoms with Gasteiger partial charge < -0.3 is 4.65 Å². The summed E-state index contributed by atoms with van der Waals surface area (Å²) in [5.41, 5.74) is 4.15. The van der Waals surface area contributed by atoms with Crippen LogP contribution < -0.4 is 5.46 Å². The van der Waals surface area contributed by atoms with Gasteiger partial charge in [0.05, 0.1) is 0 Å².